The Bertz CT molecular complexity index is 1360. The third-order valence-corrected chi connectivity index (χ3v) is 7.35. The molecule has 1 N–H and O–H groups in total. The molecule has 2 aliphatic rings. The van der Waals surface area contributed by atoms with E-state index < -0.39 is 35.5 Å². The molecule has 212 valence electrons. The van der Waals surface area contributed by atoms with E-state index in [2.05, 4.69) is 5.32 Å². The van der Waals surface area contributed by atoms with Crippen LogP contribution < -0.4 is 19.5 Å². The minimum absolute atomic E-state index is 0.130. The van der Waals surface area contributed by atoms with Gasteiger partial charge in [-0.3, -0.25) is 9.59 Å². The van der Waals surface area contributed by atoms with Crippen LogP contribution in [0.15, 0.2) is 65.0 Å². The van der Waals surface area contributed by atoms with Gasteiger partial charge in [0.25, 0.3) is 0 Å². The summed E-state index contributed by atoms with van der Waals surface area (Å²) in [4.78, 5) is 41.2. The summed E-state index contributed by atoms with van der Waals surface area (Å²) < 4.78 is 27.2. The molecule has 0 amide bonds. The molecule has 0 saturated heterocycles. The second-order valence-corrected chi connectivity index (χ2v) is 9.50. The van der Waals surface area contributed by atoms with Crippen molar-refractivity contribution in [2.24, 2.45) is 5.92 Å². The number of ether oxygens (including phenoxy) is 5. The zero-order valence-electron chi connectivity index (χ0n) is 23.7. The Balaban J connectivity index is 1.93. The van der Waals surface area contributed by atoms with Crippen LogP contribution in [-0.4, -0.2) is 52.3 Å². The molecule has 0 bridgehead atoms. The maximum Gasteiger partial charge on any atom is 0.336 e. The van der Waals surface area contributed by atoms with Crippen LogP contribution in [0, 0.1) is 5.92 Å². The number of nitrogens with one attached hydrogen (secondary N) is 1. The summed E-state index contributed by atoms with van der Waals surface area (Å²) in [5.74, 6) is -2.35. The van der Waals surface area contributed by atoms with E-state index in [1.807, 2.05) is 12.1 Å². The number of benzene rings is 2. The molecular weight excluding hydrogens is 514 g/mol. The normalized spacial score (nSPS) is 20.4. The minimum Gasteiger partial charge on any atom is -0.497 e. The van der Waals surface area contributed by atoms with Crippen molar-refractivity contribution in [3.63, 3.8) is 0 Å². The van der Waals surface area contributed by atoms with Gasteiger partial charge in [0.05, 0.1) is 46.0 Å². The molecule has 0 unspecified atom stereocenters. The van der Waals surface area contributed by atoms with E-state index in [0.29, 0.717) is 46.2 Å². The molecule has 2 aromatic rings. The molecule has 1 aliphatic heterocycles. The Morgan fingerprint density at radius 3 is 2.15 bits per heavy atom. The molecule has 4 rings (SSSR count). The second kappa shape index (κ2) is 12.3. The van der Waals surface area contributed by atoms with Gasteiger partial charge < -0.3 is 29.0 Å². The van der Waals surface area contributed by atoms with Crippen LogP contribution in [0.2, 0.25) is 0 Å². The summed E-state index contributed by atoms with van der Waals surface area (Å²) in [7, 11) is 4.63. The number of methoxy groups -OCH3 is 3. The number of esters is 2. The zero-order chi connectivity index (χ0) is 29.0. The van der Waals surface area contributed by atoms with Crippen molar-refractivity contribution < 1.29 is 38.1 Å². The fourth-order valence-corrected chi connectivity index (χ4v) is 5.55. The van der Waals surface area contributed by atoms with Crippen LogP contribution >= 0.6 is 0 Å². The van der Waals surface area contributed by atoms with Crippen molar-refractivity contribution in [3.8, 4) is 17.2 Å². The van der Waals surface area contributed by atoms with E-state index in [4.69, 9.17) is 23.7 Å². The number of hydrogen-bond acceptors (Lipinski definition) is 9. The number of hydrogen-bond donors (Lipinski definition) is 1. The quantitative estimate of drug-likeness (QED) is 0.359. The molecule has 0 saturated carbocycles. The largest absolute Gasteiger partial charge is 0.497 e. The Kier molecular flexibility index (Phi) is 8.82. The lowest BCUT2D eigenvalue weighted by Gasteiger charge is -2.39. The number of dihydropyridines is 1. The average Bonchev–Trinajstić information content (AvgIpc) is 2.96. The van der Waals surface area contributed by atoms with Crippen LogP contribution in [0.1, 0.15) is 50.2 Å². The Hall–Kier alpha value is -4.27. The molecular formula is C31H35NO8. The molecule has 9 nitrogen and oxygen atoms in total. The third-order valence-electron chi connectivity index (χ3n) is 7.35. The highest BCUT2D eigenvalue weighted by Crippen LogP contribution is 2.50. The Morgan fingerprint density at radius 2 is 1.55 bits per heavy atom. The van der Waals surface area contributed by atoms with Gasteiger partial charge in [-0.2, -0.15) is 0 Å². The third kappa shape index (κ3) is 5.28. The van der Waals surface area contributed by atoms with Crippen molar-refractivity contribution in [3.05, 3.63) is 76.1 Å². The van der Waals surface area contributed by atoms with Gasteiger partial charge in [0, 0.05) is 34.5 Å². The fourth-order valence-electron chi connectivity index (χ4n) is 5.55. The zero-order valence-corrected chi connectivity index (χ0v) is 23.7. The monoisotopic (exact) mass is 549 g/mol. The van der Waals surface area contributed by atoms with Gasteiger partial charge in [-0.05, 0) is 51.0 Å². The second-order valence-electron chi connectivity index (χ2n) is 9.50. The maximum atomic E-state index is 14.5. The standard InChI is InChI=1S/C31H35NO8/c1-7-39-30(34)25-17(3)32-23-16-22(18-9-11-19(36-4)12-10-18)27(31(35)40-8-2)29(33)28(23)26(25)21-14-13-20(37-5)15-24(21)38-6/h9-15,22,26-27,32H,7-8,16H2,1-6H3/t22-,26-,27+/m0/s1. The van der Waals surface area contributed by atoms with Crippen LogP contribution in [-0.2, 0) is 23.9 Å². The molecule has 40 heavy (non-hydrogen) atoms. The summed E-state index contributed by atoms with van der Waals surface area (Å²) in [6.07, 6.45) is 0.347. The predicted molar refractivity (Wildman–Crippen MR) is 147 cm³/mol. The fraction of sp³-hybridized carbons (Fsp3) is 0.387. The van der Waals surface area contributed by atoms with Gasteiger partial charge in [0.2, 0.25) is 0 Å². The lowest BCUT2D eigenvalue weighted by atomic mass is 9.67. The van der Waals surface area contributed by atoms with E-state index in [9.17, 15) is 14.4 Å². The summed E-state index contributed by atoms with van der Waals surface area (Å²) >= 11 is 0. The predicted octanol–water partition coefficient (Wildman–Crippen LogP) is 4.43. The van der Waals surface area contributed by atoms with Crippen LogP contribution in [0.5, 0.6) is 17.2 Å². The first-order valence-corrected chi connectivity index (χ1v) is 13.2. The highest BCUT2D eigenvalue weighted by Gasteiger charge is 2.49. The first-order chi connectivity index (χ1) is 19.3. The summed E-state index contributed by atoms with van der Waals surface area (Å²) in [6, 6.07) is 12.5. The van der Waals surface area contributed by atoms with Gasteiger partial charge in [0.1, 0.15) is 23.2 Å². The number of Topliss-reactive ketones (excluding diaryl/α,β-unsaturated/α-hetero) is 1. The van der Waals surface area contributed by atoms with Gasteiger partial charge in [-0.1, -0.05) is 18.2 Å². The molecule has 9 heteroatoms. The smallest absolute Gasteiger partial charge is 0.336 e. The van der Waals surface area contributed by atoms with Crippen LogP contribution in [0.25, 0.3) is 0 Å². The van der Waals surface area contributed by atoms with Crippen molar-refractivity contribution in [1.82, 2.24) is 5.32 Å². The van der Waals surface area contributed by atoms with Crippen molar-refractivity contribution in [2.45, 2.75) is 39.0 Å². The lowest BCUT2D eigenvalue weighted by Crippen LogP contribution is -2.43. The minimum atomic E-state index is -1.11. The molecule has 1 aliphatic carbocycles. The van der Waals surface area contributed by atoms with Crippen molar-refractivity contribution >= 4 is 17.7 Å². The van der Waals surface area contributed by atoms with Gasteiger partial charge in [-0.15, -0.1) is 0 Å². The van der Waals surface area contributed by atoms with E-state index >= 15 is 0 Å². The maximum absolute atomic E-state index is 14.5. The highest BCUT2D eigenvalue weighted by molar-refractivity contribution is 6.13. The van der Waals surface area contributed by atoms with Crippen molar-refractivity contribution in [2.75, 3.05) is 34.5 Å². The summed E-state index contributed by atoms with van der Waals surface area (Å²) in [6.45, 7) is 5.50. The van der Waals surface area contributed by atoms with Gasteiger partial charge in [0.15, 0.2) is 5.78 Å². The van der Waals surface area contributed by atoms with E-state index in [1.165, 1.54) is 7.11 Å². The average molecular weight is 550 g/mol. The summed E-state index contributed by atoms with van der Waals surface area (Å²) in [5.41, 5.74) is 3.19. The Morgan fingerprint density at radius 1 is 0.900 bits per heavy atom. The number of rotatable bonds is 9. The molecule has 3 atom stereocenters. The molecule has 0 aromatic heterocycles. The first-order valence-electron chi connectivity index (χ1n) is 13.2. The van der Waals surface area contributed by atoms with Gasteiger partial charge in [-0.25, -0.2) is 4.79 Å². The molecule has 0 spiro atoms. The highest BCUT2D eigenvalue weighted by atomic mass is 16.5. The molecule has 1 heterocycles. The SMILES string of the molecule is CCOC(=O)C1=C(C)NC2=C(C(=O)[C@H](C(=O)OCC)[C@H](c3ccc(OC)cc3)C2)[C@H]1c1ccc(OC)cc1OC. The molecule has 0 radical (unpaired) electrons. The number of allylic oxidation sites excluding steroid dienone is 3. The molecule has 2 aromatic carbocycles. The Labute approximate surface area is 234 Å². The number of ketones is 1. The van der Waals surface area contributed by atoms with Gasteiger partial charge >= 0.3 is 11.9 Å². The molecule has 0 fully saturated rings. The topological polar surface area (TPSA) is 109 Å². The van der Waals surface area contributed by atoms with Crippen LogP contribution in [0.4, 0.5) is 0 Å². The van der Waals surface area contributed by atoms with E-state index in [1.54, 1.807) is 65.3 Å². The van der Waals surface area contributed by atoms with Crippen molar-refractivity contribution in [1.29, 1.82) is 0 Å². The van der Waals surface area contributed by atoms with E-state index in [-0.39, 0.29) is 18.8 Å². The summed E-state index contributed by atoms with van der Waals surface area (Å²) in [5, 5.41) is 3.31. The number of carbonyl (C=O) groups is 3. The van der Waals surface area contributed by atoms with Crippen LogP contribution in [0.3, 0.4) is 0 Å². The first kappa shape index (κ1) is 28.7. The number of carbonyl (C=O) groups excluding carboxylic acids is 3. The lowest BCUT2D eigenvalue weighted by molar-refractivity contribution is -0.152. The van der Waals surface area contributed by atoms with E-state index in [0.717, 1.165) is 5.56 Å².